The fraction of sp³-hybridized carbons (Fsp3) is 0.333. The van der Waals surface area contributed by atoms with Gasteiger partial charge < -0.3 is 5.43 Å². The van der Waals surface area contributed by atoms with Gasteiger partial charge in [-0.05, 0) is 0 Å². The molecule has 0 amide bonds. The topological polar surface area (TPSA) is 24.1 Å². The lowest BCUT2D eigenvalue weighted by atomic mass is 10.7. The second-order valence-electron chi connectivity index (χ2n) is 0.928. The summed E-state index contributed by atoms with van der Waals surface area (Å²) in [4.78, 5) is 0. The van der Waals surface area contributed by atoms with Gasteiger partial charge >= 0.3 is 0 Å². The van der Waals surface area contributed by atoms with Crippen molar-refractivity contribution in [3.63, 3.8) is 0 Å². The predicted molar refractivity (Wildman–Crippen MR) is 26.0 cm³/mol. The van der Waals surface area contributed by atoms with Crippen LogP contribution in [0.4, 0.5) is 0 Å². The highest BCUT2D eigenvalue weighted by molar-refractivity contribution is 5.75. The first kappa shape index (κ1) is 5.72. The van der Waals surface area contributed by atoms with Crippen molar-refractivity contribution in [1.82, 2.24) is 10.9 Å². The molecule has 0 spiro atoms. The Labute approximate surface area is 41.6 Å². The van der Waals surface area contributed by atoms with E-state index in [0.29, 0.717) is 0 Å². The van der Waals surface area contributed by atoms with Gasteiger partial charge in [-0.3, -0.25) is 0 Å². The maximum Gasteiger partial charge on any atom is 0.0345 e. The van der Waals surface area contributed by atoms with Crippen molar-refractivity contribution in [3.8, 4) is 0 Å². The van der Waals surface area contributed by atoms with Crippen molar-refractivity contribution >= 4 is 11.0 Å². The Hall–Kier alpha value is -0.283. The Morgan fingerprint density at radius 2 is 2.33 bits per heavy atom. The van der Waals surface area contributed by atoms with Crippen LogP contribution in [0.3, 0.4) is 0 Å². The molecule has 0 saturated heterocycles. The Bertz CT molecular complexity index is 46.8. The molecule has 0 saturated carbocycles. The first-order chi connectivity index (χ1) is 2.50. The number of nitrogens with one attached hydrogen (secondary N) is 2. The Kier molecular flexibility index (Phi) is 2.79. The van der Waals surface area contributed by atoms with Crippen molar-refractivity contribution < 1.29 is 0 Å². The summed E-state index contributed by atoms with van der Waals surface area (Å²) < 4.78 is 0. The van der Waals surface area contributed by atoms with E-state index in [1.54, 1.807) is 0 Å². The third-order valence-corrected chi connectivity index (χ3v) is 0.523. The normalized spacial score (nSPS) is 16.0. The zero-order valence-corrected chi connectivity index (χ0v) is 4.36. The van der Waals surface area contributed by atoms with Crippen molar-refractivity contribution in [2.45, 2.75) is 0 Å². The van der Waals surface area contributed by atoms with Crippen LogP contribution in [0.1, 0.15) is 0 Å². The largest absolute Gasteiger partial charge is 0.329 e. The minimum absolute atomic E-state index is 0. The Morgan fingerprint density at radius 1 is 1.50 bits per heavy atom. The van der Waals surface area contributed by atoms with Crippen molar-refractivity contribution in [2.24, 2.45) is 0 Å². The fourth-order valence-corrected chi connectivity index (χ4v) is 0.295. The van der Waals surface area contributed by atoms with Gasteiger partial charge in [0, 0.05) is 23.7 Å². The van der Waals surface area contributed by atoms with Crippen LogP contribution in [0.2, 0.25) is 0 Å². The average molecular weight is 98.2 g/mol. The van der Waals surface area contributed by atoms with Gasteiger partial charge in [-0.2, -0.15) is 0 Å². The first-order valence-electron chi connectivity index (χ1n) is 1.63. The SMILES string of the molecule is C1=CNNC1.[Si]. The van der Waals surface area contributed by atoms with E-state index in [4.69, 9.17) is 0 Å². The van der Waals surface area contributed by atoms with Crippen LogP contribution in [0.15, 0.2) is 12.3 Å². The zero-order valence-electron chi connectivity index (χ0n) is 3.36. The smallest absolute Gasteiger partial charge is 0.0345 e. The Morgan fingerprint density at radius 3 is 2.50 bits per heavy atom. The van der Waals surface area contributed by atoms with E-state index in [9.17, 15) is 0 Å². The van der Waals surface area contributed by atoms with E-state index in [1.807, 2.05) is 12.3 Å². The van der Waals surface area contributed by atoms with Crippen LogP contribution < -0.4 is 10.9 Å². The minimum atomic E-state index is 0. The molecule has 1 rings (SSSR count). The average Bonchev–Trinajstić information content (AvgIpc) is 1.76. The van der Waals surface area contributed by atoms with E-state index >= 15 is 0 Å². The van der Waals surface area contributed by atoms with E-state index in [0.717, 1.165) is 6.54 Å². The monoisotopic (exact) mass is 98.0 g/mol. The van der Waals surface area contributed by atoms with Crippen LogP contribution in [0.25, 0.3) is 0 Å². The molecule has 4 radical (unpaired) electrons. The molecular formula is C3H6N2Si. The number of hydrogen-bond donors (Lipinski definition) is 2. The van der Waals surface area contributed by atoms with Crippen LogP contribution in [-0.2, 0) is 0 Å². The van der Waals surface area contributed by atoms with E-state index in [-0.39, 0.29) is 11.0 Å². The molecular weight excluding hydrogens is 92.1 g/mol. The molecule has 2 nitrogen and oxygen atoms in total. The molecule has 2 N–H and O–H groups in total. The summed E-state index contributed by atoms with van der Waals surface area (Å²) in [5.41, 5.74) is 5.65. The summed E-state index contributed by atoms with van der Waals surface area (Å²) in [6, 6.07) is 0. The van der Waals surface area contributed by atoms with Crippen LogP contribution in [0.5, 0.6) is 0 Å². The molecule has 1 heterocycles. The summed E-state index contributed by atoms with van der Waals surface area (Å²) >= 11 is 0. The summed E-state index contributed by atoms with van der Waals surface area (Å²) in [5.74, 6) is 0. The lowest BCUT2D eigenvalue weighted by molar-refractivity contribution is 0.727. The number of hydrazine groups is 1. The molecule has 0 aliphatic carbocycles. The molecule has 0 unspecified atom stereocenters. The first-order valence-corrected chi connectivity index (χ1v) is 1.63. The molecule has 0 aromatic rings. The lowest BCUT2D eigenvalue weighted by Gasteiger charge is -1.83. The number of rotatable bonds is 0. The molecule has 0 aromatic carbocycles. The summed E-state index contributed by atoms with van der Waals surface area (Å²) in [5, 5.41) is 0. The summed E-state index contributed by atoms with van der Waals surface area (Å²) in [6.45, 7) is 0.958. The van der Waals surface area contributed by atoms with E-state index in [1.165, 1.54) is 0 Å². The van der Waals surface area contributed by atoms with Gasteiger partial charge in [0.25, 0.3) is 0 Å². The molecule has 6 heavy (non-hydrogen) atoms. The maximum atomic E-state index is 2.86. The molecule has 1 aliphatic heterocycles. The zero-order chi connectivity index (χ0) is 3.54. The molecule has 0 fully saturated rings. The molecule has 3 heteroatoms. The standard InChI is InChI=1S/C3H6N2.Si/c1-2-4-5-3-1;/h1-2,4-5H,3H2;. The molecule has 0 bridgehead atoms. The van der Waals surface area contributed by atoms with Gasteiger partial charge in [-0.1, -0.05) is 6.08 Å². The van der Waals surface area contributed by atoms with Crippen LogP contribution in [-0.4, -0.2) is 17.5 Å². The van der Waals surface area contributed by atoms with Crippen molar-refractivity contribution in [3.05, 3.63) is 12.3 Å². The second kappa shape index (κ2) is 2.93. The highest BCUT2D eigenvalue weighted by Gasteiger charge is 1.78. The number of hydrogen-bond acceptors (Lipinski definition) is 2. The molecule has 32 valence electrons. The molecule has 0 atom stereocenters. The quantitative estimate of drug-likeness (QED) is 0.389. The van der Waals surface area contributed by atoms with Crippen molar-refractivity contribution in [2.75, 3.05) is 6.54 Å². The highest BCUT2D eigenvalue weighted by Crippen LogP contribution is 1.67. The third-order valence-electron chi connectivity index (χ3n) is 0.523. The predicted octanol–water partition coefficient (Wildman–Crippen LogP) is -0.773. The highest BCUT2D eigenvalue weighted by atomic mass is 28.1. The second-order valence-corrected chi connectivity index (χ2v) is 0.928. The van der Waals surface area contributed by atoms with Gasteiger partial charge in [0.2, 0.25) is 0 Å². The lowest BCUT2D eigenvalue weighted by Crippen LogP contribution is -2.19. The summed E-state index contributed by atoms with van der Waals surface area (Å²) in [6.07, 6.45) is 3.89. The summed E-state index contributed by atoms with van der Waals surface area (Å²) in [7, 11) is 0. The Balaban J connectivity index is 0.000000250. The molecule has 0 aromatic heterocycles. The van der Waals surface area contributed by atoms with Crippen molar-refractivity contribution in [1.29, 1.82) is 0 Å². The van der Waals surface area contributed by atoms with E-state index < -0.39 is 0 Å². The fourth-order valence-electron chi connectivity index (χ4n) is 0.295. The maximum absolute atomic E-state index is 2.86. The van der Waals surface area contributed by atoms with Gasteiger partial charge in [0.15, 0.2) is 0 Å². The molecule has 1 aliphatic rings. The van der Waals surface area contributed by atoms with Crippen LogP contribution in [0, 0.1) is 0 Å². The van der Waals surface area contributed by atoms with Crippen LogP contribution >= 0.6 is 0 Å². The van der Waals surface area contributed by atoms with Gasteiger partial charge in [0.1, 0.15) is 0 Å². The van der Waals surface area contributed by atoms with Gasteiger partial charge in [0.05, 0.1) is 0 Å². The van der Waals surface area contributed by atoms with Gasteiger partial charge in [-0.25, -0.2) is 5.43 Å². The minimum Gasteiger partial charge on any atom is -0.329 e. The van der Waals surface area contributed by atoms with E-state index in [2.05, 4.69) is 10.9 Å². The van der Waals surface area contributed by atoms with Gasteiger partial charge in [-0.15, -0.1) is 0 Å². The third kappa shape index (κ3) is 1.23.